The number of anilines is 1. The number of alkyl halides is 3. The summed E-state index contributed by atoms with van der Waals surface area (Å²) in [6.45, 7) is 2.00. The average molecular weight is 249 g/mol. The Morgan fingerprint density at radius 3 is 2.65 bits per heavy atom. The molecule has 0 radical (unpaired) electrons. The van der Waals surface area contributed by atoms with Crippen LogP contribution in [-0.2, 0) is 0 Å². The second-order valence-electron chi connectivity index (χ2n) is 3.34. The van der Waals surface area contributed by atoms with Crippen molar-refractivity contribution in [3.8, 4) is 5.88 Å². The Hall–Kier alpha value is -1.53. The van der Waals surface area contributed by atoms with Gasteiger partial charge in [-0.3, -0.25) is 0 Å². The van der Waals surface area contributed by atoms with Crippen LogP contribution in [0.3, 0.4) is 0 Å². The molecular weight excluding hydrogens is 235 g/mol. The van der Waals surface area contributed by atoms with E-state index >= 15 is 0 Å². The van der Waals surface area contributed by atoms with Gasteiger partial charge in [0.2, 0.25) is 11.8 Å². The molecule has 0 N–H and O–H groups in total. The van der Waals surface area contributed by atoms with E-state index in [1.54, 1.807) is 13.0 Å². The Labute approximate surface area is 97.4 Å². The maximum atomic E-state index is 12.1. The smallest absolute Gasteiger partial charge is 0.390 e. The van der Waals surface area contributed by atoms with E-state index in [1.807, 2.05) is 0 Å². The molecule has 4 nitrogen and oxygen atoms in total. The highest BCUT2D eigenvalue weighted by Crippen LogP contribution is 2.21. The van der Waals surface area contributed by atoms with Crippen molar-refractivity contribution in [3.63, 3.8) is 0 Å². The topological polar surface area (TPSA) is 38.2 Å². The molecule has 1 rings (SSSR count). The van der Waals surface area contributed by atoms with Crippen LogP contribution in [0.5, 0.6) is 5.88 Å². The Morgan fingerprint density at radius 2 is 2.12 bits per heavy atom. The van der Waals surface area contributed by atoms with Gasteiger partial charge in [0.1, 0.15) is 0 Å². The Morgan fingerprint density at radius 1 is 1.41 bits per heavy atom. The largest absolute Gasteiger partial charge is 0.481 e. The van der Waals surface area contributed by atoms with Crippen LogP contribution in [0.15, 0.2) is 12.3 Å². The summed E-state index contributed by atoms with van der Waals surface area (Å²) in [7, 11) is 1.44. The number of methoxy groups -OCH3 is 1. The van der Waals surface area contributed by atoms with Gasteiger partial charge in [-0.15, -0.1) is 0 Å². The SMILES string of the molecule is CCN(CCC(F)(F)F)c1nccc(OC)n1. The summed E-state index contributed by atoms with van der Waals surface area (Å²) in [4.78, 5) is 9.37. The Kier molecular flexibility index (Phi) is 4.53. The third-order valence-electron chi connectivity index (χ3n) is 2.16. The number of aromatic nitrogens is 2. The van der Waals surface area contributed by atoms with E-state index in [0.29, 0.717) is 12.4 Å². The highest BCUT2D eigenvalue weighted by atomic mass is 19.4. The first kappa shape index (κ1) is 13.5. The summed E-state index contributed by atoms with van der Waals surface area (Å²) in [6.07, 6.45) is -3.61. The van der Waals surface area contributed by atoms with Gasteiger partial charge in [-0.1, -0.05) is 0 Å². The van der Waals surface area contributed by atoms with Crippen molar-refractivity contribution in [1.82, 2.24) is 9.97 Å². The van der Waals surface area contributed by atoms with Crippen molar-refractivity contribution >= 4 is 5.95 Å². The molecule has 7 heteroatoms. The van der Waals surface area contributed by atoms with Gasteiger partial charge in [0, 0.05) is 25.4 Å². The predicted octanol–water partition coefficient (Wildman–Crippen LogP) is 2.26. The zero-order valence-electron chi connectivity index (χ0n) is 9.66. The predicted molar refractivity (Wildman–Crippen MR) is 57.1 cm³/mol. The lowest BCUT2D eigenvalue weighted by molar-refractivity contribution is -0.132. The standard InChI is InChI=1S/C10H14F3N3O/c1-3-16(7-5-10(11,12)13)9-14-6-4-8(15-9)17-2/h4,6H,3,5,7H2,1-2H3. The van der Waals surface area contributed by atoms with Crippen molar-refractivity contribution in [2.24, 2.45) is 0 Å². The second kappa shape index (κ2) is 5.70. The molecule has 0 aromatic carbocycles. The highest BCUT2D eigenvalue weighted by Gasteiger charge is 2.28. The molecule has 0 bridgehead atoms. The molecule has 0 saturated heterocycles. The van der Waals surface area contributed by atoms with Crippen LogP contribution in [-0.4, -0.2) is 36.3 Å². The minimum atomic E-state index is -4.17. The average Bonchev–Trinajstić information content (AvgIpc) is 2.29. The fourth-order valence-electron chi connectivity index (χ4n) is 1.26. The molecule has 1 aromatic heterocycles. The third-order valence-corrected chi connectivity index (χ3v) is 2.16. The fraction of sp³-hybridized carbons (Fsp3) is 0.600. The van der Waals surface area contributed by atoms with Crippen LogP contribution in [0, 0.1) is 0 Å². The van der Waals surface area contributed by atoms with Crippen LogP contribution in [0.2, 0.25) is 0 Å². The van der Waals surface area contributed by atoms with Crippen LogP contribution in [0.1, 0.15) is 13.3 Å². The number of ether oxygens (including phenoxy) is 1. The monoisotopic (exact) mass is 249 g/mol. The van der Waals surface area contributed by atoms with Crippen molar-refractivity contribution in [1.29, 1.82) is 0 Å². The molecule has 0 aliphatic carbocycles. The van der Waals surface area contributed by atoms with Gasteiger partial charge >= 0.3 is 6.18 Å². The maximum Gasteiger partial charge on any atom is 0.390 e. The number of hydrogen-bond acceptors (Lipinski definition) is 4. The molecule has 1 aromatic rings. The molecule has 0 fully saturated rings. The molecule has 0 saturated carbocycles. The molecule has 0 atom stereocenters. The van der Waals surface area contributed by atoms with Gasteiger partial charge in [-0.05, 0) is 6.92 Å². The Bertz CT molecular complexity index is 357. The van der Waals surface area contributed by atoms with Crippen molar-refractivity contribution in [3.05, 3.63) is 12.3 Å². The quantitative estimate of drug-likeness (QED) is 0.802. The van der Waals surface area contributed by atoms with Crippen LogP contribution >= 0.6 is 0 Å². The Balaban J connectivity index is 2.72. The molecular formula is C10H14F3N3O. The normalized spacial score (nSPS) is 11.4. The van der Waals surface area contributed by atoms with E-state index in [9.17, 15) is 13.2 Å². The number of rotatable bonds is 5. The summed E-state index contributed by atoms with van der Waals surface area (Å²) in [5.74, 6) is 0.580. The first-order valence-corrected chi connectivity index (χ1v) is 5.15. The van der Waals surface area contributed by atoms with Gasteiger partial charge in [0.15, 0.2) is 0 Å². The van der Waals surface area contributed by atoms with E-state index in [-0.39, 0.29) is 12.5 Å². The van der Waals surface area contributed by atoms with E-state index in [1.165, 1.54) is 18.2 Å². The van der Waals surface area contributed by atoms with Crippen LogP contribution in [0.4, 0.5) is 19.1 Å². The summed E-state index contributed by atoms with van der Waals surface area (Å²) >= 11 is 0. The highest BCUT2D eigenvalue weighted by molar-refractivity contribution is 5.31. The summed E-state index contributed by atoms with van der Waals surface area (Å²) in [5, 5.41) is 0. The summed E-state index contributed by atoms with van der Waals surface area (Å²) in [6, 6.07) is 1.54. The molecule has 0 unspecified atom stereocenters. The van der Waals surface area contributed by atoms with Crippen LogP contribution in [0.25, 0.3) is 0 Å². The van der Waals surface area contributed by atoms with E-state index < -0.39 is 12.6 Å². The van der Waals surface area contributed by atoms with E-state index in [2.05, 4.69) is 9.97 Å². The molecule has 96 valence electrons. The van der Waals surface area contributed by atoms with Crippen LogP contribution < -0.4 is 9.64 Å². The van der Waals surface area contributed by atoms with Gasteiger partial charge < -0.3 is 9.64 Å². The second-order valence-corrected chi connectivity index (χ2v) is 3.34. The molecule has 0 aliphatic heterocycles. The van der Waals surface area contributed by atoms with Gasteiger partial charge in [-0.2, -0.15) is 18.2 Å². The van der Waals surface area contributed by atoms with Crippen molar-refractivity contribution < 1.29 is 17.9 Å². The lowest BCUT2D eigenvalue weighted by atomic mass is 10.4. The zero-order valence-corrected chi connectivity index (χ0v) is 9.66. The lowest BCUT2D eigenvalue weighted by Crippen LogP contribution is -2.29. The maximum absolute atomic E-state index is 12.1. The first-order chi connectivity index (χ1) is 7.96. The zero-order chi connectivity index (χ0) is 12.9. The molecule has 17 heavy (non-hydrogen) atoms. The lowest BCUT2D eigenvalue weighted by Gasteiger charge is -2.21. The van der Waals surface area contributed by atoms with Gasteiger partial charge in [0.25, 0.3) is 0 Å². The molecule has 0 spiro atoms. The fourth-order valence-corrected chi connectivity index (χ4v) is 1.26. The minimum absolute atomic E-state index is 0.160. The molecule has 1 heterocycles. The minimum Gasteiger partial charge on any atom is -0.481 e. The summed E-state index contributed by atoms with van der Waals surface area (Å²) < 4.78 is 41.3. The third kappa shape index (κ3) is 4.46. The molecule has 0 aliphatic rings. The van der Waals surface area contributed by atoms with Gasteiger partial charge in [0.05, 0.1) is 13.5 Å². The first-order valence-electron chi connectivity index (χ1n) is 5.15. The van der Waals surface area contributed by atoms with E-state index in [0.717, 1.165) is 0 Å². The number of halogens is 3. The number of hydrogen-bond donors (Lipinski definition) is 0. The molecule has 0 amide bonds. The van der Waals surface area contributed by atoms with Gasteiger partial charge in [-0.25, -0.2) is 4.98 Å². The van der Waals surface area contributed by atoms with Crippen molar-refractivity contribution in [2.75, 3.05) is 25.1 Å². The number of nitrogens with zero attached hydrogens (tertiary/aromatic N) is 3. The van der Waals surface area contributed by atoms with E-state index in [4.69, 9.17) is 4.74 Å². The van der Waals surface area contributed by atoms with Crippen molar-refractivity contribution in [2.45, 2.75) is 19.5 Å². The summed E-state index contributed by atoms with van der Waals surface area (Å²) in [5.41, 5.74) is 0.